The number of nitrogens with one attached hydrogen (secondary N) is 1. The maximum absolute atomic E-state index is 5.12. The van der Waals surface area contributed by atoms with Crippen molar-refractivity contribution >= 4 is 24.0 Å². The number of H-pyrrole nitrogens is 1. The van der Waals surface area contributed by atoms with E-state index >= 15 is 0 Å². The summed E-state index contributed by atoms with van der Waals surface area (Å²) in [6, 6.07) is 1.93. The van der Waals surface area contributed by atoms with E-state index in [2.05, 4.69) is 37.7 Å². The molecular weight excluding hydrogens is 224 g/mol. The minimum absolute atomic E-state index is 0.263. The van der Waals surface area contributed by atoms with Crippen LogP contribution in [0.2, 0.25) is 0 Å². The van der Waals surface area contributed by atoms with E-state index in [4.69, 9.17) is 12.2 Å². The molecular formula is C11H18N2S2. The van der Waals surface area contributed by atoms with Crippen molar-refractivity contribution in [2.75, 3.05) is 0 Å². The van der Waals surface area contributed by atoms with Crippen LogP contribution in [0.3, 0.4) is 0 Å². The lowest BCUT2D eigenvalue weighted by atomic mass is 10.3. The van der Waals surface area contributed by atoms with Gasteiger partial charge in [-0.15, -0.1) is 11.8 Å². The van der Waals surface area contributed by atoms with Crippen LogP contribution >= 0.6 is 24.0 Å². The van der Waals surface area contributed by atoms with E-state index < -0.39 is 0 Å². The molecule has 0 radical (unpaired) electrons. The van der Waals surface area contributed by atoms with Crippen LogP contribution in [0, 0.1) is 4.64 Å². The largest absolute Gasteiger partial charge is 0.346 e. The predicted octanol–water partition coefficient (Wildman–Crippen LogP) is 3.73. The topological polar surface area (TPSA) is 28.7 Å². The summed E-state index contributed by atoms with van der Waals surface area (Å²) >= 11 is 7.00. The van der Waals surface area contributed by atoms with Gasteiger partial charge in [-0.3, -0.25) is 0 Å². The van der Waals surface area contributed by atoms with Crippen molar-refractivity contribution in [1.82, 2.24) is 9.97 Å². The second-order valence-corrected chi connectivity index (χ2v) is 6.67. The highest BCUT2D eigenvalue weighted by atomic mass is 32.2. The van der Waals surface area contributed by atoms with Gasteiger partial charge in [-0.05, 0) is 12.5 Å². The molecule has 0 unspecified atom stereocenters. The summed E-state index contributed by atoms with van der Waals surface area (Å²) in [5.74, 6) is 1.88. The molecule has 0 atom stereocenters. The Morgan fingerprint density at radius 2 is 2.13 bits per heavy atom. The monoisotopic (exact) mass is 242 g/mol. The number of hydrogen-bond donors (Lipinski definition) is 1. The third-order valence-electron chi connectivity index (χ3n) is 1.87. The van der Waals surface area contributed by atoms with Crippen LogP contribution in [0.4, 0.5) is 0 Å². The van der Waals surface area contributed by atoms with Gasteiger partial charge in [0.05, 0.1) is 5.75 Å². The van der Waals surface area contributed by atoms with E-state index in [9.17, 15) is 0 Å². The summed E-state index contributed by atoms with van der Waals surface area (Å²) in [7, 11) is 0. The second-order valence-electron chi connectivity index (χ2n) is 4.45. The zero-order valence-corrected chi connectivity index (χ0v) is 11.4. The Balaban J connectivity index is 2.77. The van der Waals surface area contributed by atoms with E-state index in [1.54, 1.807) is 0 Å². The lowest BCUT2D eigenvalue weighted by Gasteiger charge is -2.17. The standard InChI is InChI=1S/C11H18N2S2/c1-5-8-6-10(14)13-9(12-8)7-15-11(2,3)4/h6H,5,7H2,1-4H3,(H,12,13,14). The van der Waals surface area contributed by atoms with Gasteiger partial charge in [0.1, 0.15) is 10.5 Å². The summed E-state index contributed by atoms with van der Waals surface area (Å²) < 4.78 is 0.953. The lowest BCUT2D eigenvalue weighted by Crippen LogP contribution is -2.09. The Morgan fingerprint density at radius 1 is 1.47 bits per heavy atom. The number of aromatic nitrogens is 2. The van der Waals surface area contributed by atoms with E-state index in [1.807, 2.05) is 17.8 Å². The quantitative estimate of drug-likeness (QED) is 0.819. The first-order valence-electron chi connectivity index (χ1n) is 5.14. The highest BCUT2D eigenvalue weighted by Crippen LogP contribution is 2.25. The molecule has 1 aromatic rings. The Morgan fingerprint density at radius 3 is 2.67 bits per heavy atom. The summed E-state index contributed by atoms with van der Waals surface area (Å²) in [6.07, 6.45) is 0.972. The molecule has 0 saturated heterocycles. The number of nitrogens with zero attached hydrogens (tertiary/aromatic N) is 1. The molecule has 0 aliphatic heterocycles. The van der Waals surface area contributed by atoms with Crippen molar-refractivity contribution in [2.45, 2.75) is 44.6 Å². The number of thioether (sulfide) groups is 1. The molecule has 2 nitrogen and oxygen atoms in total. The molecule has 0 bridgehead atoms. The van der Waals surface area contributed by atoms with Crippen molar-refractivity contribution in [3.05, 3.63) is 22.2 Å². The van der Waals surface area contributed by atoms with Crippen molar-refractivity contribution in [3.63, 3.8) is 0 Å². The first-order chi connectivity index (χ1) is 6.90. The van der Waals surface area contributed by atoms with Crippen LogP contribution in [0.25, 0.3) is 0 Å². The maximum atomic E-state index is 5.12. The zero-order valence-electron chi connectivity index (χ0n) is 9.76. The molecule has 1 N–H and O–H groups in total. The normalized spacial score (nSPS) is 11.7. The van der Waals surface area contributed by atoms with Crippen LogP contribution in [0.5, 0.6) is 0 Å². The second kappa shape index (κ2) is 5.12. The van der Waals surface area contributed by atoms with Gasteiger partial charge in [-0.1, -0.05) is 39.9 Å². The van der Waals surface area contributed by atoms with Crippen LogP contribution in [-0.2, 0) is 12.2 Å². The van der Waals surface area contributed by atoms with Gasteiger partial charge in [0, 0.05) is 10.4 Å². The third-order valence-corrected chi connectivity index (χ3v) is 3.36. The molecule has 1 rings (SSSR count). The number of aryl methyl sites for hydroxylation is 1. The average molecular weight is 242 g/mol. The van der Waals surface area contributed by atoms with Crippen molar-refractivity contribution in [1.29, 1.82) is 0 Å². The number of hydrogen-bond acceptors (Lipinski definition) is 3. The molecule has 1 aromatic heterocycles. The molecule has 84 valence electrons. The minimum Gasteiger partial charge on any atom is -0.346 e. The number of aromatic amines is 1. The first-order valence-corrected chi connectivity index (χ1v) is 6.53. The fourth-order valence-electron chi connectivity index (χ4n) is 1.11. The molecule has 0 aromatic carbocycles. The Hall–Kier alpha value is -0.350. The molecule has 0 amide bonds. The average Bonchev–Trinajstić information content (AvgIpc) is 2.13. The molecule has 1 heterocycles. The van der Waals surface area contributed by atoms with Crippen molar-refractivity contribution in [3.8, 4) is 0 Å². The molecule has 15 heavy (non-hydrogen) atoms. The summed E-state index contributed by atoms with van der Waals surface area (Å²) in [6.45, 7) is 8.73. The van der Waals surface area contributed by atoms with Crippen LogP contribution in [0.1, 0.15) is 39.2 Å². The molecule has 0 fully saturated rings. The summed E-state index contributed by atoms with van der Waals surface area (Å²) in [5, 5.41) is 0. The lowest BCUT2D eigenvalue weighted by molar-refractivity contribution is 0.799. The third kappa shape index (κ3) is 4.80. The van der Waals surface area contributed by atoms with Gasteiger partial charge in [0.25, 0.3) is 0 Å². The Bertz CT molecular complexity index is 377. The van der Waals surface area contributed by atoms with E-state index in [1.165, 1.54) is 5.69 Å². The minimum atomic E-state index is 0.263. The molecule has 0 aliphatic carbocycles. The van der Waals surface area contributed by atoms with Gasteiger partial charge < -0.3 is 4.98 Å². The van der Waals surface area contributed by atoms with E-state index in [0.29, 0.717) is 4.64 Å². The SMILES string of the molecule is CCc1cc(=S)nc(CSC(C)(C)C)[nH]1. The Labute approximate surface area is 101 Å². The van der Waals surface area contributed by atoms with Crippen molar-refractivity contribution < 1.29 is 0 Å². The van der Waals surface area contributed by atoms with E-state index in [-0.39, 0.29) is 4.75 Å². The van der Waals surface area contributed by atoms with Crippen LogP contribution in [0.15, 0.2) is 6.07 Å². The highest BCUT2D eigenvalue weighted by molar-refractivity contribution is 7.99. The fourth-order valence-corrected chi connectivity index (χ4v) is 2.07. The molecule has 0 saturated carbocycles. The smallest absolute Gasteiger partial charge is 0.130 e. The van der Waals surface area contributed by atoms with Crippen molar-refractivity contribution in [2.24, 2.45) is 0 Å². The van der Waals surface area contributed by atoms with Crippen LogP contribution < -0.4 is 0 Å². The predicted molar refractivity (Wildman–Crippen MR) is 69.8 cm³/mol. The Kier molecular flexibility index (Phi) is 4.34. The molecule has 0 aliphatic rings. The van der Waals surface area contributed by atoms with Gasteiger partial charge in [-0.2, -0.15) is 0 Å². The van der Waals surface area contributed by atoms with Gasteiger partial charge >= 0.3 is 0 Å². The van der Waals surface area contributed by atoms with Gasteiger partial charge in [-0.25, -0.2) is 4.98 Å². The molecule has 0 spiro atoms. The first kappa shape index (κ1) is 12.7. The summed E-state index contributed by atoms with van der Waals surface area (Å²) in [5.41, 5.74) is 1.17. The van der Waals surface area contributed by atoms with Crippen LogP contribution in [-0.4, -0.2) is 14.7 Å². The van der Waals surface area contributed by atoms with E-state index in [0.717, 1.165) is 18.0 Å². The highest BCUT2D eigenvalue weighted by Gasteiger charge is 2.11. The number of rotatable bonds is 3. The zero-order chi connectivity index (χ0) is 11.5. The van der Waals surface area contributed by atoms with Gasteiger partial charge in [0.15, 0.2) is 0 Å². The molecule has 4 heteroatoms. The summed E-state index contributed by atoms with van der Waals surface area (Å²) in [4.78, 5) is 7.63. The maximum Gasteiger partial charge on any atom is 0.130 e. The fraction of sp³-hybridized carbons (Fsp3) is 0.636. The van der Waals surface area contributed by atoms with Gasteiger partial charge in [0.2, 0.25) is 0 Å².